The molecule has 4 N–H and O–H groups in total. The van der Waals surface area contributed by atoms with Crippen LogP contribution in [0.3, 0.4) is 0 Å². The third kappa shape index (κ3) is 7.36. The molecule has 270 valence electrons. The monoisotopic (exact) mass is 706 g/mol. The molecule has 0 spiro atoms. The normalized spacial score (nSPS) is 17.5. The lowest BCUT2D eigenvalue weighted by atomic mass is 9.90. The number of nitrogens with one attached hydrogen (secondary N) is 4. The van der Waals surface area contributed by atoms with Crippen LogP contribution in [0.1, 0.15) is 64.8 Å². The summed E-state index contributed by atoms with van der Waals surface area (Å²) in [6.07, 6.45) is -0.748. The molecule has 0 saturated heterocycles. The highest BCUT2D eigenvalue weighted by Crippen LogP contribution is 2.41. The van der Waals surface area contributed by atoms with E-state index in [9.17, 15) is 19.2 Å². The van der Waals surface area contributed by atoms with E-state index in [0.29, 0.717) is 34.0 Å². The lowest BCUT2D eigenvalue weighted by molar-refractivity contribution is -0.144. The minimum atomic E-state index is -0.864. The fourth-order valence-electron chi connectivity index (χ4n) is 6.62. The maximum Gasteiger partial charge on any atom is 0.338 e. The van der Waals surface area contributed by atoms with Gasteiger partial charge in [-0.3, -0.25) is 0 Å². The predicted octanol–water partition coefficient (Wildman–Crippen LogP) is 6.61. The van der Waals surface area contributed by atoms with E-state index in [-0.39, 0.29) is 36.6 Å². The average Bonchev–Trinajstić information content (AvgIpc) is 3.08. The molecule has 0 radical (unpaired) electrons. The predicted molar refractivity (Wildman–Crippen MR) is 196 cm³/mol. The van der Waals surface area contributed by atoms with Crippen molar-refractivity contribution in [3.8, 4) is 11.5 Å². The van der Waals surface area contributed by atoms with E-state index >= 15 is 0 Å². The molecule has 6 rings (SSSR count). The van der Waals surface area contributed by atoms with Gasteiger partial charge in [0.05, 0.1) is 35.4 Å². The van der Waals surface area contributed by atoms with Crippen molar-refractivity contribution in [1.82, 2.24) is 21.3 Å². The number of urea groups is 2. The van der Waals surface area contributed by atoms with Gasteiger partial charge >= 0.3 is 24.0 Å². The van der Waals surface area contributed by atoms with Gasteiger partial charge in [0.1, 0.15) is 24.7 Å². The Bertz CT molecular complexity index is 1990. The van der Waals surface area contributed by atoms with Crippen LogP contribution >= 0.6 is 0 Å². The van der Waals surface area contributed by atoms with E-state index in [0.717, 1.165) is 21.5 Å². The van der Waals surface area contributed by atoms with Crippen molar-refractivity contribution in [2.45, 2.75) is 65.8 Å². The Balaban J connectivity index is 1.33. The zero-order valence-corrected chi connectivity index (χ0v) is 29.9. The number of benzene rings is 4. The number of fused-ring (bicyclic) bond motifs is 2. The van der Waals surface area contributed by atoms with Crippen molar-refractivity contribution in [3.63, 3.8) is 0 Å². The van der Waals surface area contributed by atoms with Gasteiger partial charge in [0.25, 0.3) is 0 Å². The third-order valence-electron chi connectivity index (χ3n) is 8.70. The number of hydrogen-bond acceptors (Lipinski definition) is 8. The Morgan fingerprint density at radius 3 is 1.37 bits per heavy atom. The molecule has 2 aliphatic heterocycles. The second kappa shape index (κ2) is 15.1. The Labute approximate surface area is 301 Å². The van der Waals surface area contributed by atoms with Gasteiger partial charge < -0.3 is 40.2 Å². The highest BCUT2D eigenvalue weighted by Gasteiger charge is 2.37. The molecule has 0 aliphatic carbocycles. The van der Waals surface area contributed by atoms with Crippen LogP contribution in [0, 0.1) is 0 Å². The summed E-state index contributed by atoms with van der Waals surface area (Å²) in [4.78, 5) is 52.4. The van der Waals surface area contributed by atoms with Gasteiger partial charge in [0.15, 0.2) is 0 Å². The Morgan fingerprint density at radius 1 is 0.596 bits per heavy atom. The van der Waals surface area contributed by atoms with Crippen molar-refractivity contribution in [1.29, 1.82) is 0 Å². The third-order valence-corrected chi connectivity index (χ3v) is 8.70. The van der Waals surface area contributed by atoms with E-state index in [1.807, 2.05) is 60.7 Å². The van der Waals surface area contributed by atoms with Gasteiger partial charge in [-0.1, -0.05) is 60.7 Å². The lowest BCUT2D eigenvalue weighted by Crippen LogP contribution is -2.45. The first-order valence-electron chi connectivity index (χ1n) is 17.2. The number of carbonyl (C=O) groups excluding carboxylic acids is 4. The van der Waals surface area contributed by atoms with Gasteiger partial charge in [0, 0.05) is 22.5 Å². The minimum Gasteiger partial charge on any atom is -0.490 e. The maximum atomic E-state index is 13.4. The smallest absolute Gasteiger partial charge is 0.338 e. The van der Waals surface area contributed by atoms with E-state index in [4.69, 9.17) is 18.9 Å². The molecule has 4 aromatic carbocycles. The second-order valence-corrected chi connectivity index (χ2v) is 13.1. The van der Waals surface area contributed by atoms with Gasteiger partial charge in [-0.15, -0.1) is 0 Å². The maximum absolute atomic E-state index is 13.4. The number of ether oxygens (including phenoxy) is 4. The van der Waals surface area contributed by atoms with E-state index in [1.54, 1.807) is 53.7 Å². The van der Waals surface area contributed by atoms with Crippen LogP contribution in [0.4, 0.5) is 9.59 Å². The minimum absolute atomic E-state index is 0.0701. The first-order chi connectivity index (χ1) is 24.9. The van der Waals surface area contributed by atoms with E-state index in [2.05, 4.69) is 21.3 Å². The second-order valence-electron chi connectivity index (χ2n) is 13.1. The molecule has 4 amide bonds. The van der Waals surface area contributed by atoms with Gasteiger partial charge in [-0.2, -0.15) is 0 Å². The first-order valence-corrected chi connectivity index (χ1v) is 17.2. The Hall–Kier alpha value is -6.04. The highest BCUT2D eigenvalue weighted by molar-refractivity contribution is 5.99. The fourth-order valence-corrected chi connectivity index (χ4v) is 6.62. The first kappa shape index (κ1) is 35.8. The van der Waals surface area contributed by atoms with Crippen LogP contribution in [0.2, 0.25) is 0 Å². The molecular weight excluding hydrogens is 664 g/mol. The SMILES string of the molecule is CC1=C(C(=O)OC(C)C)C(c2c(OCCOc3ccc4ccccc4c3C3NC(=O)NC(C)=C3C(=O)OC(C)C)ccc3ccccc23)NC(=O)N1. The molecule has 52 heavy (non-hydrogen) atoms. The topological polar surface area (TPSA) is 153 Å². The van der Waals surface area contributed by atoms with Crippen LogP contribution in [0.5, 0.6) is 11.5 Å². The number of allylic oxidation sites excluding steroid dienone is 2. The quantitative estimate of drug-likeness (QED) is 0.100. The summed E-state index contributed by atoms with van der Waals surface area (Å²) in [5.41, 5.74) is 2.51. The van der Waals surface area contributed by atoms with Crippen molar-refractivity contribution in [2.75, 3.05) is 13.2 Å². The summed E-state index contributed by atoms with van der Waals surface area (Å²) in [5, 5.41) is 14.6. The molecule has 4 aromatic rings. The molecule has 0 fully saturated rings. The molecule has 0 aromatic heterocycles. The molecule has 0 bridgehead atoms. The van der Waals surface area contributed by atoms with Crippen LogP contribution in [-0.4, -0.2) is 49.4 Å². The number of esters is 2. The zero-order valence-electron chi connectivity index (χ0n) is 29.9. The number of hydrogen-bond donors (Lipinski definition) is 4. The van der Waals surface area contributed by atoms with Crippen LogP contribution in [0.25, 0.3) is 21.5 Å². The van der Waals surface area contributed by atoms with Crippen LogP contribution in [-0.2, 0) is 19.1 Å². The summed E-state index contributed by atoms with van der Waals surface area (Å²) in [6.45, 7) is 10.5. The summed E-state index contributed by atoms with van der Waals surface area (Å²) >= 11 is 0. The number of amides is 4. The van der Waals surface area contributed by atoms with Gasteiger partial charge in [0.2, 0.25) is 0 Å². The molecule has 12 heteroatoms. The van der Waals surface area contributed by atoms with Crippen molar-refractivity contribution < 1.29 is 38.1 Å². The number of carbonyl (C=O) groups is 4. The molecule has 2 aliphatic rings. The molecule has 2 heterocycles. The summed E-state index contributed by atoms with van der Waals surface area (Å²) in [5.74, 6) is -0.221. The van der Waals surface area contributed by atoms with Gasteiger partial charge in [-0.25, -0.2) is 19.2 Å². The van der Waals surface area contributed by atoms with Crippen molar-refractivity contribution >= 4 is 45.5 Å². The lowest BCUT2D eigenvalue weighted by Gasteiger charge is -2.31. The summed E-state index contributed by atoms with van der Waals surface area (Å²) in [6, 6.07) is 20.1. The Morgan fingerprint density at radius 2 is 0.981 bits per heavy atom. The van der Waals surface area contributed by atoms with E-state index < -0.39 is 36.1 Å². The highest BCUT2D eigenvalue weighted by atomic mass is 16.5. The standard InChI is InChI=1S/C40H42N4O8/c1-21(2)51-37(45)31-23(5)41-39(47)43-35(31)33-27-13-9-7-11-25(27)15-17-29(33)49-19-20-50-30-18-16-26-12-8-10-14-28(26)34(30)36-32(38(46)52-22(3)4)24(6)42-40(48)44-36/h7-18,21-22,35-36H,19-20H2,1-6H3,(H2,41,43,47)(H2,42,44,48). The van der Waals surface area contributed by atoms with Crippen molar-refractivity contribution in [3.05, 3.63) is 106 Å². The largest absolute Gasteiger partial charge is 0.490 e. The molecule has 2 unspecified atom stereocenters. The van der Waals surface area contributed by atoms with Crippen molar-refractivity contribution in [2.24, 2.45) is 0 Å². The van der Waals surface area contributed by atoms with Crippen LogP contribution in [0.15, 0.2) is 95.3 Å². The molecule has 2 atom stereocenters. The molecule has 0 saturated carbocycles. The zero-order chi connectivity index (χ0) is 37.1. The average molecular weight is 707 g/mol. The van der Waals surface area contributed by atoms with Gasteiger partial charge in [-0.05, 0) is 75.2 Å². The number of rotatable bonds is 11. The fraction of sp³-hybridized carbons (Fsp3) is 0.300. The Kier molecular flexibility index (Phi) is 10.4. The summed E-state index contributed by atoms with van der Waals surface area (Å²) < 4.78 is 23.9. The molecule has 12 nitrogen and oxygen atoms in total. The summed E-state index contributed by atoms with van der Waals surface area (Å²) in [7, 11) is 0. The molecular formula is C40H42N4O8. The van der Waals surface area contributed by atoms with E-state index in [1.165, 1.54) is 0 Å². The van der Waals surface area contributed by atoms with Crippen LogP contribution < -0.4 is 30.7 Å².